The van der Waals surface area contributed by atoms with Gasteiger partial charge in [-0.1, -0.05) is 101 Å². The largest absolute Gasteiger partial charge is 0.508 e. The molecule has 0 radical (unpaired) electrons. The Balaban J connectivity index is 0.760. The van der Waals surface area contributed by atoms with Gasteiger partial charge in [-0.3, -0.25) is 24.0 Å². The SMILES string of the molecule is Cc1ncsc1-c1ccc([C@@H](C)NC(=O)[C@@H]2C[C@@H](O)CN2C(=O)[C@@H](NC(=O)CCCCCCCNc2ccc(OS(=O)(=O)C3C[C@H]4O[C@@H]3C(c3ccc(NC(=O)CCCCCCC(=O)O)cc3)=C4c3ccc(O)cc3)cc2)C(C)(C)C)cc1. The molecule has 20 heteroatoms. The Labute approximate surface area is 490 Å². The number of benzene rings is 4. The number of carbonyl (C=O) groups excluding carboxylic acids is 4. The van der Waals surface area contributed by atoms with Crippen LogP contribution in [0.2, 0.25) is 0 Å². The molecule has 7 atom stereocenters. The molecule has 2 fully saturated rings. The molecule has 18 nitrogen and oxygen atoms in total. The fourth-order valence-corrected chi connectivity index (χ4v) is 13.3. The van der Waals surface area contributed by atoms with Crippen LogP contribution in [0.1, 0.15) is 146 Å². The first kappa shape index (κ1) is 61.9. The average molecular weight is 1180 g/mol. The van der Waals surface area contributed by atoms with Gasteiger partial charge >= 0.3 is 16.1 Å². The summed E-state index contributed by atoms with van der Waals surface area (Å²) in [5, 5.41) is 40.9. The molecule has 83 heavy (non-hydrogen) atoms. The van der Waals surface area contributed by atoms with Crippen molar-refractivity contribution in [2.75, 3.05) is 23.7 Å². The lowest BCUT2D eigenvalue weighted by Gasteiger charge is -2.35. The number of carboxylic acids is 1. The quantitative estimate of drug-likeness (QED) is 0.0182. The number of aromatic hydroxyl groups is 1. The summed E-state index contributed by atoms with van der Waals surface area (Å²) in [6.07, 6.45) is 5.46. The van der Waals surface area contributed by atoms with Gasteiger partial charge in [-0.25, -0.2) is 4.98 Å². The number of rotatable bonds is 28. The van der Waals surface area contributed by atoms with E-state index in [-0.39, 0.29) is 67.5 Å². The lowest BCUT2D eigenvalue weighted by atomic mass is 9.83. The van der Waals surface area contributed by atoms with E-state index in [1.807, 2.05) is 76.5 Å². The molecule has 0 aliphatic carbocycles. The predicted molar refractivity (Wildman–Crippen MR) is 321 cm³/mol. The smallest absolute Gasteiger partial charge is 0.315 e. The van der Waals surface area contributed by atoms with Gasteiger partial charge in [-0.2, -0.15) is 8.42 Å². The number of aliphatic hydroxyl groups is 1. The van der Waals surface area contributed by atoms with Gasteiger partial charge in [0.25, 0.3) is 0 Å². The number of anilines is 2. The van der Waals surface area contributed by atoms with Crippen LogP contribution in [0.25, 0.3) is 21.6 Å². The van der Waals surface area contributed by atoms with Crippen LogP contribution >= 0.6 is 11.3 Å². The summed E-state index contributed by atoms with van der Waals surface area (Å²) in [4.78, 5) is 71.5. The zero-order valence-electron chi connectivity index (χ0n) is 47.9. The van der Waals surface area contributed by atoms with E-state index >= 15 is 0 Å². The zero-order valence-corrected chi connectivity index (χ0v) is 49.5. The standard InChI is InChI=1S/C63H78N6O12S2/c1-39(41-18-20-44(21-19-41)59-40(2)65-38-82-59)66-61(76)50-35-48(71)37-69(50)62(77)60(63(3,4)5)68-54(73)16-11-7-6-10-14-34-64-45-28-32-49(33-29-45)81-83(78,79)52-36-51-56(42-24-30-47(70)31-25-42)57(58(52)80-51)43-22-26-46(27-23-43)67-53(72)15-12-8-9-13-17-55(74)75/h18-33,38-39,48,50-52,58,60,64,70-71H,6-17,34-37H2,1-5H3,(H,66,76)(H,67,72)(H,68,73)(H,74,75)/t39-,48-,50+,51-,52?,58+,60-/m1/s1. The number of phenolic OH excluding ortho intramolecular Hbond substituents is 1. The van der Waals surface area contributed by atoms with E-state index in [1.54, 1.807) is 72.0 Å². The monoisotopic (exact) mass is 1170 g/mol. The van der Waals surface area contributed by atoms with Crippen LogP contribution in [0.15, 0.2) is 103 Å². The number of β-amino-alcohol motifs (C(OH)–C–C–N with tert-alkyl or cyclic N) is 1. The number of hydrogen-bond acceptors (Lipinski definition) is 14. The third-order valence-electron chi connectivity index (χ3n) is 15.6. The highest BCUT2D eigenvalue weighted by molar-refractivity contribution is 7.87. The van der Waals surface area contributed by atoms with Gasteiger partial charge in [0.2, 0.25) is 23.6 Å². The number of thiazole rings is 1. The van der Waals surface area contributed by atoms with Crippen molar-refractivity contribution in [3.8, 4) is 21.9 Å². The van der Waals surface area contributed by atoms with Crippen molar-refractivity contribution in [2.24, 2.45) is 5.41 Å². The summed E-state index contributed by atoms with van der Waals surface area (Å²) in [5.41, 5.74) is 8.45. The molecule has 0 saturated carbocycles. The summed E-state index contributed by atoms with van der Waals surface area (Å²) in [5.74, 6) is -1.73. The van der Waals surface area contributed by atoms with Gasteiger partial charge in [-0.05, 0) is 127 Å². The normalized spacial score (nSPS) is 19.3. The Bertz CT molecular complexity index is 3200. The molecule has 8 rings (SSSR count). The molecule has 0 spiro atoms. The Morgan fingerprint density at radius 3 is 1.98 bits per heavy atom. The summed E-state index contributed by atoms with van der Waals surface area (Å²) in [6, 6.07) is 26.4. The highest BCUT2D eigenvalue weighted by atomic mass is 32.2. The molecule has 4 amide bonds. The zero-order chi connectivity index (χ0) is 59.4. The molecule has 444 valence electrons. The van der Waals surface area contributed by atoms with Gasteiger partial charge < -0.3 is 50.4 Å². The number of fused-ring (bicyclic) bond motifs is 2. The molecule has 3 aliphatic heterocycles. The minimum atomic E-state index is -4.21. The first-order chi connectivity index (χ1) is 39.6. The maximum absolute atomic E-state index is 14.2. The van der Waals surface area contributed by atoms with Crippen LogP contribution in [-0.2, 0) is 38.8 Å². The number of aryl methyl sites for hydroxylation is 1. The van der Waals surface area contributed by atoms with Gasteiger partial charge in [0.1, 0.15) is 34.9 Å². The number of nitrogens with one attached hydrogen (secondary N) is 4. The average Bonchev–Trinajstić information content (AvgIpc) is 2.03. The molecule has 2 bridgehead atoms. The van der Waals surface area contributed by atoms with E-state index in [1.165, 1.54) is 4.90 Å². The Morgan fingerprint density at radius 2 is 1.34 bits per heavy atom. The van der Waals surface area contributed by atoms with Crippen molar-refractivity contribution in [3.05, 3.63) is 125 Å². The first-order valence-corrected chi connectivity index (χ1v) is 31.2. The summed E-state index contributed by atoms with van der Waals surface area (Å²) in [6.45, 7) is 10.1. The molecule has 3 aliphatic rings. The Hall–Kier alpha value is -7.13. The van der Waals surface area contributed by atoms with Gasteiger partial charge in [0.05, 0.1) is 34.3 Å². The highest BCUT2D eigenvalue weighted by Gasteiger charge is 2.54. The molecule has 4 heterocycles. The summed E-state index contributed by atoms with van der Waals surface area (Å²) >= 11 is 1.57. The van der Waals surface area contributed by atoms with Gasteiger partial charge in [0, 0.05) is 56.6 Å². The number of carboxylic acid groups (broad SMARTS) is 1. The number of carbonyl (C=O) groups is 5. The van der Waals surface area contributed by atoms with E-state index in [0.717, 1.165) is 82.6 Å². The van der Waals surface area contributed by atoms with E-state index in [0.29, 0.717) is 43.5 Å². The molecule has 7 N–H and O–H groups in total. The lowest BCUT2D eigenvalue weighted by molar-refractivity contribution is -0.144. The summed E-state index contributed by atoms with van der Waals surface area (Å²) < 4.78 is 40.2. The van der Waals surface area contributed by atoms with Crippen LogP contribution in [0.3, 0.4) is 0 Å². The number of nitrogens with zero attached hydrogens (tertiary/aromatic N) is 2. The van der Waals surface area contributed by atoms with Crippen LogP contribution in [0, 0.1) is 12.3 Å². The second-order valence-corrected chi connectivity index (χ2v) is 25.7. The van der Waals surface area contributed by atoms with Crippen LogP contribution in [0.5, 0.6) is 11.5 Å². The Morgan fingerprint density at radius 1 is 0.747 bits per heavy atom. The van der Waals surface area contributed by atoms with Gasteiger partial charge in [0.15, 0.2) is 0 Å². The van der Waals surface area contributed by atoms with E-state index in [2.05, 4.69) is 26.3 Å². The van der Waals surface area contributed by atoms with Crippen LogP contribution in [0.4, 0.5) is 11.4 Å². The maximum atomic E-state index is 14.2. The molecular weight excluding hydrogens is 1100 g/mol. The maximum Gasteiger partial charge on any atom is 0.315 e. The molecule has 2 saturated heterocycles. The van der Waals surface area contributed by atoms with Crippen LogP contribution < -0.4 is 25.5 Å². The summed E-state index contributed by atoms with van der Waals surface area (Å²) in [7, 11) is -4.21. The molecule has 4 aromatic carbocycles. The number of hydrogen-bond donors (Lipinski definition) is 7. The Kier molecular flexibility index (Phi) is 20.9. The van der Waals surface area contributed by atoms with Crippen molar-refractivity contribution in [3.63, 3.8) is 0 Å². The third kappa shape index (κ3) is 16.4. The van der Waals surface area contributed by atoms with Crippen molar-refractivity contribution < 1.29 is 56.6 Å². The second-order valence-electron chi connectivity index (χ2n) is 23.1. The number of ether oxygens (including phenoxy) is 1. The number of aliphatic hydroxyl groups excluding tert-OH is 1. The number of amides is 4. The molecule has 1 aromatic heterocycles. The van der Waals surface area contributed by atoms with E-state index in [4.69, 9.17) is 14.0 Å². The number of unbranched alkanes of at least 4 members (excludes halogenated alkanes) is 7. The van der Waals surface area contributed by atoms with Crippen molar-refractivity contribution >= 4 is 73.6 Å². The van der Waals surface area contributed by atoms with E-state index < -0.39 is 63.1 Å². The first-order valence-electron chi connectivity index (χ1n) is 28.8. The van der Waals surface area contributed by atoms with Crippen molar-refractivity contribution in [2.45, 2.75) is 166 Å². The van der Waals surface area contributed by atoms with Crippen molar-refractivity contribution in [1.82, 2.24) is 20.5 Å². The fourth-order valence-electron chi connectivity index (χ4n) is 11.1. The van der Waals surface area contributed by atoms with E-state index in [9.17, 15) is 42.6 Å². The van der Waals surface area contributed by atoms with Crippen LogP contribution in [-0.4, -0.2) is 112 Å². The topological polar surface area (TPSA) is 263 Å². The highest BCUT2D eigenvalue weighted by Crippen LogP contribution is 2.51. The molecular formula is C63H78N6O12S2. The lowest BCUT2D eigenvalue weighted by Crippen LogP contribution is -2.57. The van der Waals surface area contributed by atoms with Crippen molar-refractivity contribution in [1.29, 1.82) is 0 Å². The second kappa shape index (κ2) is 28.0. The molecule has 5 aromatic rings. The number of likely N-dealkylation sites (tertiary alicyclic amines) is 1. The third-order valence-corrected chi connectivity index (χ3v) is 18.2. The minimum Gasteiger partial charge on any atom is -0.508 e. The predicted octanol–water partition coefficient (Wildman–Crippen LogP) is 10.2. The number of phenols is 1. The van der Waals surface area contributed by atoms with Gasteiger partial charge in [-0.15, -0.1) is 11.3 Å². The number of aliphatic carboxylic acids is 1. The molecule has 1 unspecified atom stereocenters. The minimum absolute atomic E-state index is 0.00727. The fraction of sp³-hybridized carbons (Fsp3) is 0.460. The number of aromatic nitrogens is 1.